The molecule has 43 heavy (non-hydrogen) atoms. The minimum absolute atomic E-state index is 0.575. The molecule has 2 heterocycles. The molecule has 0 aliphatic carbocycles. The Labute approximate surface area is 255 Å². The van der Waals surface area contributed by atoms with E-state index in [4.69, 9.17) is 23.9 Å². The first-order valence-electron chi connectivity index (χ1n) is 15.9. The van der Waals surface area contributed by atoms with Crippen molar-refractivity contribution in [2.45, 2.75) is 70.8 Å². The molecule has 5 nitrogen and oxygen atoms in total. The summed E-state index contributed by atoms with van der Waals surface area (Å²) in [7, 11) is 0. The van der Waals surface area contributed by atoms with Gasteiger partial charge in [-0.15, -0.1) is 0 Å². The maximum Gasteiger partial charge on any atom is 0.222 e. The van der Waals surface area contributed by atoms with Crippen LogP contribution in [0.5, 0.6) is 23.0 Å². The molecule has 0 saturated heterocycles. The lowest BCUT2D eigenvalue weighted by Crippen LogP contribution is -2.40. The molecule has 0 N–H and O–H groups in total. The van der Waals surface area contributed by atoms with Gasteiger partial charge in [0.25, 0.3) is 0 Å². The van der Waals surface area contributed by atoms with Crippen LogP contribution in [0.25, 0.3) is 0 Å². The third kappa shape index (κ3) is 5.99. The number of ether oxygens (including phenoxy) is 4. The van der Waals surface area contributed by atoms with E-state index in [0.29, 0.717) is 30.6 Å². The fourth-order valence-corrected chi connectivity index (χ4v) is 5.94. The van der Waals surface area contributed by atoms with E-state index in [0.717, 1.165) is 52.3 Å². The van der Waals surface area contributed by atoms with E-state index in [1.165, 1.54) is 38.5 Å². The van der Waals surface area contributed by atoms with Crippen LogP contribution < -0.4 is 14.2 Å². The van der Waals surface area contributed by atoms with E-state index in [9.17, 15) is 0 Å². The molecule has 0 amide bonds. The van der Waals surface area contributed by atoms with E-state index < -0.39 is 5.60 Å². The maximum atomic E-state index is 7.10. The topological polar surface area (TPSA) is 49.3 Å². The Morgan fingerprint density at radius 3 is 1.79 bits per heavy atom. The molecule has 0 unspecified atom stereocenters. The highest BCUT2D eigenvalue weighted by molar-refractivity contribution is 5.98. The van der Waals surface area contributed by atoms with Crippen LogP contribution in [0.1, 0.15) is 87.5 Å². The molecule has 0 atom stereocenters. The van der Waals surface area contributed by atoms with Crippen molar-refractivity contribution in [1.82, 2.24) is 0 Å². The quantitative estimate of drug-likeness (QED) is 0.149. The summed E-state index contributed by atoms with van der Waals surface area (Å²) in [5.74, 6) is 3.58. The normalized spacial score (nSPS) is 14.0. The van der Waals surface area contributed by atoms with E-state index in [-0.39, 0.29) is 0 Å². The van der Waals surface area contributed by atoms with Crippen LogP contribution in [0.3, 0.4) is 0 Å². The van der Waals surface area contributed by atoms with Gasteiger partial charge >= 0.3 is 0 Å². The molecule has 2 aliphatic rings. The number of hydrogen-bond acceptors (Lipinski definition) is 5. The summed E-state index contributed by atoms with van der Waals surface area (Å²) in [6.07, 6.45) is 9.25. The molecule has 5 heteroatoms. The van der Waals surface area contributed by atoms with Gasteiger partial charge in [-0.1, -0.05) is 88.8 Å². The summed E-state index contributed by atoms with van der Waals surface area (Å²) < 4.78 is 26.1. The first kappa shape index (κ1) is 28.9. The average Bonchev–Trinajstić information content (AvgIpc) is 3.05. The zero-order valence-electron chi connectivity index (χ0n) is 25.3. The zero-order valence-corrected chi connectivity index (χ0v) is 25.3. The van der Waals surface area contributed by atoms with Crippen molar-refractivity contribution < 1.29 is 18.9 Å². The van der Waals surface area contributed by atoms with Crippen molar-refractivity contribution in [3.63, 3.8) is 0 Å². The van der Waals surface area contributed by atoms with Crippen molar-refractivity contribution in [3.05, 3.63) is 113 Å². The van der Waals surface area contributed by atoms with Gasteiger partial charge in [0.2, 0.25) is 5.90 Å². The summed E-state index contributed by atoms with van der Waals surface area (Å²) in [4.78, 5) is 4.98. The average molecular weight is 576 g/mol. The predicted molar refractivity (Wildman–Crippen MR) is 172 cm³/mol. The number of para-hydroxylation sites is 1. The van der Waals surface area contributed by atoms with Crippen molar-refractivity contribution in [2.24, 2.45) is 4.99 Å². The Kier molecular flexibility index (Phi) is 8.97. The molecule has 4 aromatic carbocycles. The molecule has 0 fully saturated rings. The highest BCUT2D eigenvalue weighted by Gasteiger charge is 2.50. The largest absolute Gasteiger partial charge is 0.493 e. The lowest BCUT2D eigenvalue weighted by atomic mass is 9.76. The smallest absolute Gasteiger partial charge is 0.222 e. The molecule has 0 bridgehead atoms. The molecule has 2 aliphatic heterocycles. The van der Waals surface area contributed by atoms with Crippen LogP contribution in [0.4, 0.5) is 5.69 Å². The van der Waals surface area contributed by atoms with Crippen molar-refractivity contribution in [2.75, 3.05) is 13.2 Å². The molecule has 6 rings (SSSR count). The summed E-state index contributed by atoms with van der Waals surface area (Å²) in [5, 5.41) is 0. The van der Waals surface area contributed by atoms with Gasteiger partial charge < -0.3 is 18.9 Å². The maximum absolute atomic E-state index is 7.10. The highest BCUT2D eigenvalue weighted by Crippen LogP contribution is 2.57. The molecule has 0 aromatic heterocycles. The van der Waals surface area contributed by atoms with Gasteiger partial charge in [0.1, 0.15) is 23.0 Å². The second-order valence-electron chi connectivity index (χ2n) is 11.3. The zero-order chi connectivity index (χ0) is 29.5. The highest BCUT2D eigenvalue weighted by atomic mass is 16.5. The molecule has 0 radical (unpaired) electrons. The SMILES string of the molecule is CCCCCCOc1ccc2c(c1)Oc1cc(OCCCCCC)ccc1C21OC(c2ccccc2)=Nc2ccccc21. The number of nitrogens with zero attached hydrogens (tertiary/aromatic N) is 1. The van der Waals surface area contributed by atoms with Gasteiger partial charge in [0.15, 0.2) is 5.60 Å². The second-order valence-corrected chi connectivity index (χ2v) is 11.3. The van der Waals surface area contributed by atoms with Crippen molar-refractivity contribution >= 4 is 11.6 Å². The van der Waals surface area contributed by atoms with Crippen LogP contribution in [0.2, 0.25) is 0 Å². The third-order valence-electron chi connectivity index (χ3n) is 8.19. The van der Waals surface area contributed by atoms with Crippen LogP contribution in [0.15, 0.2) is 96.0 Å². The third-order valence-corrected chi connectivity index (χ3v) is 8.19. The first-order chi connectivity index (χ1) is 21.2. The van der Waals surface area contributed by atoms with Gasteiger partial charge in [0, 0.05) is 34.4 Å². The van der Waals surface area contributed by atoms with E-state index >= 15 is 0 Å². The Balaban J connectivity index is 1.42. The Morgan fingerprint density at radius 1 is 0.605 bits per heavy atom. The minimum atomic E-state index is -0.967. The predicted octanol–water partition coefficient (Wildman–Crippen LogP) is 10.1. The number of rotatable bonds is 13. The first-order valence-corrected chi connectivity index (χ1v) is 15.9. The fraction of sp³-hybridized carbons (Fsp3) is 0.342. The van der Waals surface area contributed by atoms with E-state index in [1.807, 2.05) is 66.7 Å². The van der Waals surface area contributed by atoms with Crippen LogP contribution in [-0.2, 0) is 10.3 Å². The van der Waals surface area contributed by atoms with Gasteiger partial charge in [-0.25, -0.2) is 4.99 Å². The molecular formula is C38H41NO4. The lowest BCUT2D eigenvalue weighted by molar-refractivity contribution is 0.124. The number of unbranched alkanes of at least 4 members (excludes halogenated alkanes) is 6. The summed E-state index contributed by atoms with van der Waals surface area (Å²) in [5.41, 5.74) is 3.64. The van der Waals surface area contributed by atoms with Crippen LogP contribution >= 0.6 is 0 Å². The van der Waals surface area contributed by atoms with Crippen LogP contribution in [0, 0.1) is 0 Å². The minimum Gasteiger partial charge on any atom is -0.493 e. The lowest BCUT2D eigenvalue weighted by Gasteiger charge is -2.43. The molecule has 1 spiro atoms. The summed E-state index contributed by atoms with van der Waals surface area (Å²) >= 11 is 0. The number of fused-ring (bicyclic) bond motifs is 6. The number of benzene rings is 4. The monoisotopic (exact) mass is 575 g/mol. The van der Waals surface area contributed by atoms with E-state index in [2.05, 4.69) is 38.1 Å². The van der Waals surface area contributed by atoms with Crippen molar-refractivity contribution in [3.8, 4) is 23.0 Å². The Bertz CT molecular complexity index is 1500. The van der Waals surface area contributed by atoms with Gasteiger partial charge in [-0.05, 0) is 55.3 Å². The van der Waals surface area contributed by atoms with Crippen molar-refractivity contribution in [1.29, 1.82) is 0 Å². The Hall–Kier alpha value is -4.25. The standard InChI is InChI=1S/C38H41NO4/c1-3-5-7-14-24-40-29-20-22-32-35(26-29)42-36-27-30(41-25-15-8-6-4-2)21-23-33(36)38(32)31-18-12-13-19-34(31)39-37(43-38)28-16-10-9-11-17-28/h9-13,16-23,26-27H,3-8,14-15,24-25H2,1-2H3. The van der Waals surface area contributed by atoms with Crippen LogP contribution in [-0.4, -0.2) is 19.1 Å². The van der Waals surface area contributed by atoms with Gasteiger partial charge in [-0.3, -0.25) is 0 Å². The molecule has 222 valence electrons. The van der Waals surface area contributed by atoms with E-state index in [1.54, 1.807) is 0 Å². The Morgan fingerprint density at radius 2 is 1.19 bits per heavy atom. The molecular weight excluding hydrogens is 534 g/mol. The van der Waals surface area contributed by atoms with Gasteiger partial charge in [0.05, 0.1) is 18.9 Å². The van der Waals surface area contributed by atoms with Gasteiger partial charge in [-0.2, -0.15) is 0 Å². The number of hydrogen-bond donors (Lipinski definition) is 0. The molecule has 0 saturated carbocycles. The summed E-state index contributed by atoms with van der Waals surface area (Å²) in [6, 6.07) is 30.5. The summed E-state index contributed by atoms with van der Waals surface area (Å²) in [6.45, 7) is 5.80. The molecule has 4 aromatic rings. The fourth-order valence-electron chi connectivity index (χ4n) is 5.94. The second kappa shape index (κ2) is 13.4. The number of aliphatic imine (C=N–C) groups is 1.